The van der Waals surface area contributed by atoms with Crippen molar-refractivity contribution < 1.29 is 22.8 Å². The van der Waals surface area contributed by atoms with E-state index in [1.165, 1.54) is 22.5 Å². The number of aromatic nitrogens is 2. The van der Waals surface area contributed by atoms with Crippen LogP contribution in [0.4, 0.5) is 5.69 Å². The number of rotatable bonds is 8. The van der Waals surface area contributed by atoms with E-state index in [0.717, 1.165) is 11.9 Å². The summed E-state index contributed by atoms with van der Waals surface area (Å²) in [5, 5.41) is 11.0. The SMILES string of the molecule is CCCn1c(COc2ccc([N+](=O)[O-])cc2Cl)nc2cc(S(=O)(=O)N3CCOCC3)ccc21. The van der Waals surface area contributed by atoms with E-state index in [2.05, 4.69) is 4.98 Å². The lowest BCUT2D eigenvalue weighted by atomic mass is 10.3. The van der Waals surface area contributed by atoms with E-state index in [4.69, 9.17) is 21.1 Å². The fourth-order valence-corrected chi connectivity index (χ4v) is 5.36. The van der Waals surface area contributed by atoms with Crippen molar-refractivity contribution in [3.63, 3.8) is 0 Å². The van der Waals surface area contributed by atoms with Crippen LogP contribution in [-0.4, -0.2) is 53.5 Å². The number of aryl methyl sites for hydroxylation is 1. The van der Waals surface area contributed by atoms with Crippen LogP contribution in [0.2, 0.25) is 5.02 Å². The summed E-state index contributed by atoms with van der Waals surface area (Å²) < 4.78 is 40.5. The molecule has 1 aliphatic rings. The van der Waals surface area contributed by atoms with Crippen molar-refractivity contribution in [3.8, 4) is 5.75 Å². The van der Waals surface area contributed by atoms with Gasteiger partial charge in [-0.3, -0.25) is 10.1 Å². The molecule has 3 aromatic rings. The highest BCUT2D eigenvalue weighted by atomic mass is 35.5. The van der Waals surface area contributed by atoms with Gasteiger partial charge in [0.05, 0.1) is 39.1 Å². The van der Waals surface area contributed by atoms with E-state index < -0.39 is 14.9 Å². The second kappa shape index (κ2) is 9.64. The zero-order valence-electron chi connectivity index (χ0n) is 17.9. The number of nitro benzene ring substituents is 1. The van der Waals surface area contributed by atoms with Gasteiger partial charge < -0.3 is 14.0 Å². The molecule has 10 nitrogen and oxygen atoms in total. The summed E-state index contributed by atoms with van der Waals surface area (Å²) in [7, 11) is -3.64. The smallest absolute Gasteiger partial charge is 0.271 e. The lowest BCUT2D eigenvalue weighted by molar-refractivity contribution is -0.384. The first-order valence-electron chi connectivity index (χ1n) is 10.4. The molecule has 12 heteroatoms. The Hall–Kier alpha value is -2.73. The van der Waals surface area contributed by atoms with Gasteiger partial charge in [-0.15, -0.1) is 0 Å². The highest BCUT2D eigenvalue weighted by Crippen LogP contribution is 2.30. The molecule has 0 aliphatic carbocycles. The van der Waals surface area contributed by atoms with Crippen LogP contribution in [0.15, 0.2) is 41.3 Å². The Bertz CT molecular complexity index is 1290. The van der Waals surface area contributed by atoms with E-state index in [9.17, 15) is 18.5 Å². The lowest BCUT2D eigenvalue weighted by Crippen LogP contribution is -2.40. The van der Waals surface area contributed by atoms with Crippen LogP contribution in [0.3, 0.4) is 0 Å². The number of benzene rings is 2. The van der Waals surface area contributed by atoms with Gasteiger partial charge in [-0.05, 0) is 30.7 Å². The summed E-state index contributed by atoms with van der Waals surface area (Å²) in [4.78, 5) is 15.2. The van der Waals surface area contributed by atoms with Gasteiger partial charge in [-0.2, -0.15) is 4.31 Å². The number of fused-ring (bicyclic) bond motifs is 1. The molecule has 0 saturated carbocycles. The van der Waals surface area contributed by atoms with Gasteiger partial charge in [0, 0.05) is 31.8 Å². The number of morpholine rings is 1. The van der Waals surface area contributed by atoms with Gasteiger partial charge in [0.2, 0.25) is 10.0 Å². The first-order chi connectivity index (χ1) is 15.8. The molecule has 33 heavy (non-hydrogen) atoms. The minimum Gasteiger partial charge on any atom is -0.484 e. The summed E-state index contributed by atoms with van der Waals surface area (Å²) >= 11 is 6.13. The Morgan fingerprint density at radius 1 is 1.21 bits per heavy atom. The first-order valence-corrected chi connectivity index (χ1v) is 12.3. The Labute approximate surface area is 195 Å². The topological polar surface area (TPSA) is 117 Å². The predicted molar refractivity (Wildman–Crippen MR) is 122 cm³/mol. The maximum Gasteiger partial charge on any atom is 0.271 e. The van der Waals surface area contributed by atoms with Crippen molar-refractivity contribution in [2.24, 2.45) is 0 Å². The third-order valence-electron chi connectivity index (χ3n) is 5.34. The fraction of sp³-hybridized carbons (Fsp3) is 0.381. The van der Waals surface area contributed by atoms with Crippen molar-refractivity contribution in [1.29, 1.82) is 0 Å². The molecule has 0 radical (unpaired) electrons. The number of hydrogen-bond donors (Lipinski definition) is 0. The molecule has 0 N–H and O–H groups in total. The fourth-order valence-electron chi connectivity index (χ4n) is 3.70. The largest absolute Gasteiger partial charge is 0.484 e. The molecule has 4 rings (SSSR count). The third-order valence-corrected chi connectivity index (χ3v) is 7.53. The summed E-state index contributed by atoms with van der Waals surface area (Å²) in [5.74, 6) is 0.898. The molecule has 0 bridgehead atoms. The van der Waals surface area contributed by atoms with Crippen molar-refractivity contribution in [3.05, 3.63) is 57.4 Å². The zero-order valence-corrected chi connectivity index (χ0v) is 19.5. The monoisotopic (exact) mass is 494 g/mol. The maximum atomic E-state index is 13.0. The number of imidazole rings is 1. The van der Waals surface area contributed by atoms with Gasteiger partial charge in [0.1, 0.15) is 18.2 Å². The molecular formula is C21H23ClN4O6S. The van der Waals surface area contributed by atoms with Crippen LogP contribution in [0.1, 0.15) is 19.2 Å². The molecule has 2 heterocycles. The minimum absolute atomic E-state index is 0.0672. The Morgan fingerprint density at radius 2 is 1.97 bits per heavy atom. The Morgan fingerprint density at radius 3 is 2.64 bits per heavy atom. The number of halogens is 1. The molecule has 0 spiro atoms. The molecule has 0 unspecified atom stereocenters. The van der Waals surface area contributed by atoms with Crippen molar-refractivity contribution in [1.82, 2.24) is 13.9 Å². The molecular weight excluding hydrogens is 472 g/mol. The first kappa shape index (κ1) is 23.4. The Kier molecular flexibility index (Phi) is 6.84. The van der Waals surface area contributed by atoms with Crippen LogP contribution < -0.4 is 4.74 Å². The van der Waals surface area contributed by atoms with Crippen molar-refractivity contribution in [2.45, 2.75) is 31.4 Å². The van der Waals surface area contributed by atoms with Gasteiger partial charge in [-0.1, -0.05) is 18.5 Å². The number of nitro groups is 1. The van der Waals surface area contributed by atoms with E-state index in [0.29, 0.717) is 49.9 Å². The second-order valence-electron chi connectivity index (χ2n) is 7.51. The van der Waals surface area contributed by atoms with Crippen LogP contribution >= 0.6 is 11.6 Å². The van der Waals surface area contributed by atoms with Gasteiger partial charge in [-0.25, -0.2) is 13.4 Å². The van der Waals surface area contributed by atoms with Crippen LogP contribution in [0.5, 0.6) is 5.75 Å². The molecule has 176 valence electrons. The molecule has 0 amide bonds. The van der Waals surface area contributed by atoms with Gasteiger partial charge >= 0.3 is 0 Å². The average Bonchev–Trinajstić information content (AvgIpc) is 3.15. The van der Waals surface area contributed by atoms with E-state index >= 15 is 0 Å². The summed E-state index contributed by atoms with van der Waals surface area (Å²) in [5.41, 5.74) is 1.22. The molecule has 1 saturated heterocycles. The molecule has 1 aromatic heterocycles. The Balaban J connectivity index is 1.63. The highest BCUT2D eigenvalue weighted by molar-refractivity contribution is 7.89. The zero-order chi connectivity index (χ0) is 23.6. The number of hydrogen-bond acceptors (Lipinski definition) is 7. The quantitative estimate of drug-likeness (QED) is 0.347. The summed E-state index contributed by atoms with van der Waals surface area (Å²) in [6, 6.07) is 8.93. The van der Waals surface area contributed by atoms with Crippen LogP contribution in [0, 0.1) is 10.1 Å². The molecule has 2 aromatic carbocycles. The molecule has 1 fully saturated rings. The number of non-ortho nitro benzene ring substituents is 1. The number of sulfonamides is 1. The van der Waals surface area contributed by atoms with Crippen molar-refractivity contribution >= 4 is 38.3 Å². The maximum absolute atomic E-state index is 13.0. The van der Waals surface area contributed by atoms with Crippen molar-refractivity contribution in [2.75, 3.05) is 26.3 Å². The van der Waals surface area contributed by atoms with E-state index in [1.54, 1.807) is 18.2 Å². The van der Waals surface area contributed by atoms with Gasteiger partial charge in [0.25, 0.3) is 5.69 Å². The van der Waals surface area contributed by atoms with Crippen LogP contribution in [0.25, 0.3) is 11.0 Å². The lowest BCUT2D eigenvalue weighted by Gasteiger charge is -2.26. The standard InChI is InChI=1S/C21H23ClN4O6S/c1-2-7-25-19-5-4-16(33(29,30)24-8-10-31-11-9-24)13-18(19)23-21(25)14-32-20-6-3-15(26(27)28)12-17(20)22/h3-6,12-13H,2,7-11,14H2,1H3. The van der Waals surface area contributed by atoms with E-state index in [1.807, 2.05) is 11.5 Å². The van der Waals surface area contributed by atoms with Gasteiger partial charge in [0.15, 0.2) is 0 Å². The highest BCUT2D eigenvalue weighted by Gasteiger charge is 2.27. The summed E-state index contributed by atoms with van der Waals surface area (Å²) in [6.45, 7) is 4.15. The molecule has 1 aliphatic heterocycles. The van der Waals surface area contributed by atoms with Crippen LogP contribution in [-0.2, 0) is 27.9 Å². The number of nitrogens with zero attached hydrogens (tertiary/aromatic N) is 4. The predicted octanol–water partition coefficient (Wildman–Crippen LogP) is 3.61. The van der Waals surface area contributed by atoms with E-state index in [-0.39, 0.29) is 22.2 Å². The third kappa shape index (κ3) is 4.81. The second-order valence-corrected chi connectivity index (χ2v) is 9.85. The molecule has 0 atom stereocenters. The normalized spacial score (nSPS) is 15.1. The summed E-state index contributed by atoms with van der Waals surface area (Å²) in [6.07, 6.45) is 0.838. The average molecular weight is 495 g/mol. The number of ether oxygens (including phenoxy) is 2. The minimum atomic E-state index is -3.64.